The molecule has 0 aliphatic carbocycles. The summed E-state index contributed by atoms with van der Waals surface area (Å²) in [5, 5.41) is 14.4. The highest BCUT2D eigenvalue weighted by molar-refractivity contribution is 7.13. The molecule has 0 aliphatic heterocycles. The maximum atomic E-state index is 12.4. The van der Waals surface area contributed by atoms with Crippen LogP contribution in [0.4, 0.5) is 5.69 Å². The van der Waals surface area contributed by atoms with Gasteiger partial charge in [0.25, 0.3) is 5.91 Å². The van der Waals surface area contributed by atoms with Crippen LogP contribution in [0.5, 0.6) is 0 Å². The molecule has 0 saturated carbocycles. The zero-order chi connectivity index (χ0) is 18.5. The van der Waals surface area contributed by atoms with Crippen molar-refractivity contribution in [3.05, 3.63) is 62.2 Å². The fourth-order valence-corrected chi connectivity index (χ4v) is 4.16. The highest BCUT2D eigenvalue weighted by atomic mass is 32.1. The number of carbonyl (C=O) groups excluding carboxylic acids is 1. The molecule has 1 unspecified atom stereocenters. The fraction of sp³-hybridized carbons (Fsp3) is 0.316. The highest BCUT2D eigenvalue weighted by Gasteiger charge is 2.17. The van der Waals surface area contributed by atoms with Gasteiger partial charge >= 0.3 is 0 Å². The van der Waals surface area contributed by atoms with E-state index in [0.29, 0.717) is 17.6 Å². The Bertz CT molecular complexity index is 843. The van der Waals surface area contributed by atoms with Gasteiger partial charge in [0.15, 0.2) is 0 Å². The lowest BCUT2D eigenvalue weighted by Gasteiger charge is -2.22. The summed E-state index contributed by atoms with van der Waals surface area (Å²) in [6, 6.07) is 12.3. The smallest absolute Gasteiger partial charge is 0.286 e. The van der Waals surface area contributed by atoms with E-state index in [1.807, 2.05) is 24.3 Å². The van der Waals surface area contributed by atoms with E-state index in [0.717, 1.165) is 17.1 Å². The summed E-state index contributed by atoms with van der Waals surface area (Å²) in [6.07, 6.45) is 0.978. The number of aromatic nitrogens is 2. The number of amides is 1. The maximum absolute atomic E-state index is 12.4. The Kier molecular flexibility index (Phi) is 6.13. The Morgan fingerprint density at radius 1 is 1.23 bits per heavy atom. The van der Waals surface area contributed by atoms with E-state index in [1.54, 1.807) is 11.3 Å². The average molecular weight is 387 g/mol. The van der Waals surface area contributed by atoms with Crippen LogP contribution in [0.2, 0.25) is 0 Å². The second-order valence-corrected chi connectivity index (χ2v) is 8.15. The number of nitrogens with one attached hydrogen (secondary N) is 1. The second-order valence-electron chi connectivity index (χ2n) is 6.11. The number of benzene rings is 1. The summed E-state index contributed by atoms with van der Waals surface area (Å²) in [5.41, 5.74) is 2.01. The molecule has 5 nitrogen and oxygen atoms in total. The summed E-state index contributed by atoms with van der Waals surface area (Å²) in [5.74, 6) is -0.216. The SMILES string of the molecule is CCc1ccc(NC(=O)c2nnc(CN(C)C(C)c3cccs3)s2)cc1. The minimum absolute atomic E-state index is 0.216. The zero-order valence-corrected chi connectivity index (χ0v) is 16.7. The monoisotopic (exact) mass is 386 g/mol. The summed E-state index contributed by atoms with van der Waals surface area (Å²) < 4.78 is 0. The van der Waals surface area contributed by atoms with Gasteiger partial charge in [0.2, 0.25) is 5.01 Å². The normalized spacial score (nSPS) is 12.3. The Hall–Kier alpha value is -2.09. The van der Waals surface area contributed by atoms with Crippen LogP contribution in [0, 0.1) is 0 Å². The summed E-state index contributed by atoms with van der Waals surface area (Å²) in [4.78, 5) is 15.9. The largest absolute Gasteiger partial charge is 0.320 e. The lowest BCUT2D eigenvalue weighted by atomic mass is 10.1. The van der Waals surface area contributed by atoms with Gasteiger partial charge in [-0.05, 0) is 49.5 Å². The van der Waals surface area contributed by atoms with Gasteiger partial charge in [-0.3, -0.25) is 9.69 Å². The van der Waals surface area contributed by atoms with Gasteiger partial charge < -0.3 is 5.32 Å². The molecule has 3 rings (SSSR count). The first-order chi connectivity index (χ1) is 12.6. The van der Waals surface area contributed by atoms with Crippen molar-refractivity contribution in [2.24, 2.45) is 0 Å². The zero-order valence-electron chi connectivity index (χ0n) is 15.1. The molecule has 136 valence electrons. The van der Waals surface area contributed by atoms with Gasteiger partial charge in [-0.2, -0.15) is 0 Å². The van der Waals surface area contributed by atoms with Crippen molar-refractivity contribution in [3.63, 3.8) is 0 Å². The van der Waals surface area contributed by atoms with Crippen LogP contribution in [0.15, 0.2) is 41.8 Å². The number of hydrogen-bond acceptors (Lipinski definition) is 6. The van der Waals surface area contributed by atoms with Crippen LogP contribution in [-0.2, 0) is 13.0 Å². The minimum Gasteiger partial charge on any atom is -0.320 e. The molecule has 0 spiro atoms. The van der Waals surface area contributed by atoms with Gasteiger partial charge in [-0.25, -0.2) is 0 Å². The maximum Gasteiger partial charge on any atom is 0.286 e. The number of anilines is 1. The van der Waals surface area contributed by atoms with E-state index in [4.69, 9.17) is 0 Å². The topological polar surface area (TPSA) is 58.1 Å². The van der Waals surface area contributed by atoms with E-state index in [1.165, 1.54) is 21.8 Å². The molecule has 2 heterocycles. The molecule has 0 radical (unpaired) electrons. The third-order valence-electron chi connectivity index (χ3n) is 4.28. The molecular weight excluding hydrogens is 364 g/mol. The van der Waals surface area contributed by atoms with Crippen LogP contribution in [-0.4, -0.2) is 28.1 Å². The number of nitrogens with zero attached hydrogens (tertiary/aromatic N) is 3. The highest BCUT2D eigenvalue weighted by Crippen LogP contribution is 2.25. The first-order valence-electron chi connectivity index (χ1n) is 8.53. The van der Waals surface area contributed by atoms with Gasteiger partial charge in [0.05, 0.1) is 6.54 Å². The van der Waals surface area contributed by atoms with Crippen molar-refractivity contribution >= 4 is 34.3 Å². The number of hydrogen-bond donors (Lipinski definition) is 1. The van der Waals surface area contributed by atoms with Crippen molar-refractivity contribution in [2.45, 2.75) is 32.9 Å². The first-order valence-corrected chi connectivity index (χ1v) is 10.2. The number of rotatable bonds is 7. The molecule has 2 aromatic heterocycles. The third-order valence-corrected chi connectivity index (χ3v) is 6.23. The van der Waals surface area contributed by atoms with Crippen LogP contribution < -0.4 is 5.32 Å². The van der Waals surface area contributed by atoms with Gasteiger partial charge in [0.1, 0.15) is 5.01 Å². The molecule has 3 aromatic rings. The van der Waals surface area contributed by atoms with E-state index < -0.39 is 0 Å². The first kappa shape index (κ1) is 18.7. The standard InChI is InChI=1S/C19H22N4OS2/c1-4-14-7-9-15(10-8-14)20-18(24)19-22-21-17(26-19)12-23(3)13(2)16-6-5-11-25-16/h5-11,13H,4,12H2,1-3H3,(H,20,24). The fourth-order valence-electron chi connectivity index (χ4n) is 2.51. The predicted octanol–water partition coefficient (Wildman–Crippen LogP) is 4.61. The Labute approximate surface area is 161 Å². The molecule has 7 heteroatoms. The molecule has 0 saturated heterocycles. The molecular formula is C19H22N4OS2. The van der Waals surface area contributed by atoms with Crippen LogP contribution >= 0.6 is 22.7 Å². The quantitative estimate of drug-likeness (QED) is 0.644. The number of thiophene rings is 1. The van der Waals surface area contributed by atoms with Crippen LogP contribution in [0.25, 0.3) is 0 Å². The molecule has 0 aliphatic rings. The Balaban J connectivity index is 1.60. The van der Waals surface area contributed by atoms with Gasteiger partial charge in [-0.15, -0.1) is 21.5 Å². The van der Waals surface area contributed by atoms with E-state index >= 15 is 0 Å². The van der Waals surface area contributed by atoms with E-state index in [2.05, 4.69) is 58.8 Å². The molecule has 1 amide bonds. The lowest BCUT2D eigenvalue weighted by molar-refractivity contribution is 0.102. The summed E-state index contributed by atoms with van der Waals surface area (Å²) in [7, 11) is 2.06. The number of carbonyl (C=O) groups is 1. The van der Waals surface area contributed by atoms with Crippen molar-refractivity contribution < 1.29 is 4.79 Å². The summed E-state index contributed by atoms with van der Waals surface area (Å²) >= 11 is 3.08. The molecule has 26 heavy (non-hydrogen) atoms. The Morgan fingerprint density at radius 3 is 2.65 bits per heavy atom. The van der Waals surface area contributed by atoms with Crippen molar-refractivity contribution in [1.29, 1.82) is 0 Å². The van der Waals surface area contributed by atoms with E-state index in [-0.39, 0.29) is 5.91 Å². The van der Waals surface area contributed by atoms with Gasteiger partial charge in [0, 0.05) is 16.6 Å². The Morgan fingerprint density at radius 2 is 2.00 bits per heavy atom. The molecule has 1 N–H and O–H groups in total. The van der Waals surface area contributed by atoms with Crippen LogP contribution in [0.1, 0.15) is 45.1 Å². The van der Waals surface area contributed by atoms with Gasteiger partial charge in [-0.1, -0.05) is 36.5 Å². The van der Waals surface area contributed by atoms with Crippen molar-refractivity contribution in [2.75, 3.05) is 12.4 Å². The minimum atomic E-state index is -0.216. The molecule has 0 bridgehead atoms. The van der Waals surface area contributed by atoms with Crippen LogP contribution in [0.3, 0.4) is 0 Å². The average Bonchev–Trinajstić information content (AvgIpc) is 3.33. The third kappa shape index (κ3) is 4.55. The molecule has 1 aromatic carbocycles. The second kappa shape index (κ2) is 8.53. The molecule has 0 fully saturated rings. The van der Waals surface area contributed by atoms with Crippen molar-refractivity contribution in [3.8, 4) is 0 Å². The molecule has 1 atom stereocenters. The lowest BCUT2D eigenvalue weighted by Crippen LogP contribution is -2.21. The summed E-state index contributed by atoms with van der Waals surface area (Å²) in [6.45, 7) is 4.93. The van der Waals surface area contributed by atoms with E-state index in [9.17, 15) is 4.79 Å². The number of aryl methyl sites for hydroxylation is 1. The van der Waals surface area contributed by atoms with Crippen molar-refractivity contribution in [1.82, 2.24) is 15.1 Å². The predicted molar refractivity (Wildman–Crippen MR) is 108 cm³/mol.